The van der Waals surface area contributed by atoms with E-state index in [1.165, 1.54) is 272 Å². The van der Waals surface area contributed by atoms with Crippen LogP contribution in [0.25, 0.3) is 0 Å². The highest BCUT2D eigenvalue weighted by atomic mass is 15.0. The van der Waals surface area contributed by atoms with Gasteiger partial charge in [-0.05, 0) is 356 Å². The predicted molar refractivity (Wildman–Crippen MR) is 221 cm³/mol. The molecular weight excluding hydrogens is 709 g/mol. The van der Waals surface area contributed by atoms with E-state index in [9.17, 15) is 0 Å². The van der Waals surface area contributed by atoms with Gasteiger partial charge in [0, 0.05) is 0 Å². The van der Waals surface area contributed by atoms with Gasteiger partial charge in [-0.3, -0.25) is 0 Å². The summed E-state index contributed by atoms with van der Waals surface area (Å²) in [7, 11) is 0. The SMILES string of the molecule is C1C2CC3C4CC5C6CC(CC6C54)C1C1CC2CC3C2C3C4C5C6CCC7C8CCC6C6CC9C6C6C%10C(CC%10C96)C8C7C6C(C7C1C1C8C2C3C8C17)C1C6C2C5C4C21. The first-order valence-corrected chi connectivity index (χ1v) is 29.3. The molecule has 24 saturated carbocycles. The second-order valence-corrected chi connectivity index (χ2v) is 31.8. The van der Waals surface area contributed by atoms with Gasteiger partial charge in [0.25, 0.3) is 0 Å². The largest absolute Gasteiger partial charge is 0.0496 e. The summed E-state index contributed by atoms with van der Waals surface area (Å²) in [4.78, 5) is 0. The average molecular weight is 781 g/mol. The van der Waals surface area contributed by atoms with Gasteiger partial charge >= 0.3 is 0 Å². The van der Waals surface area contributed by atoms with Crippen LogP contribution in [0.5, 0.6) is 0 Å². The Morgan fingerprint density at radius 3 is 0.949 bits per heavy atom. The molecule has 0 radical (unpaired) electrons. The Balaban J connectivity index is 0.761. The summed E-state index contributed by atoms with van der Waals surface area (Å²) in [5, 5.41) is 0. The van der Waals surface area contributed by atoms with Crippen LogP contribution in [0.4, 0.5) is 0 Å². The predicted octanol–water partition coefficient (Wildman–Crippen LogP) is 10.7. The van der Waals surface area contributed by atoms with Crippen molar-refractivity contribution in [2.75, 3.05) is 0 Å². The van der Waals surface area contributed by atoms with Crippen LogP contribution in [0.2, 0.25) is 0 Å². The fraction of sp³-hybridized carbons (Fsp3) is 1.00. The van der Waals surface area contributed by atoms with E-state index in [2.05, 4.69) is 0 Å². The molecule has 0 heteroatoms. The monoisotopic (exact) mass is 781 g/mol. The fourth-order valence-corrected chi connectivity index (χ4v) is 34.8. The summed E-state index contributed by atoms with van der Waals surface area (Å²) in [5.74, 6) is 57.8. The molecular formula is C59H72. The van der Waals surface area contributed by atoms with E-state index in [4.69, 9.17) is 0 Å². The maximum Gasteiger partial charge on any atom is -0.0312 e. The minimum absolute atomic E-state index is 1.19. The Hall–Kier alpha value is 0. The normalized spacial score (nSPS) is 89.5. The minimum Gasteiger partial charge on any atom is -0.0496 e. The average Bonchev–Trinajstić information content (AvgIpc) is 3.52. The summed E-state index contributed by atoms with van der Waals surface area (Å²) in [6.45, 7) is 0. The smallest absolute Gasteiger partial charge is 0.0312 e. The zero-order chi connectivity index (χ0) is 35.8. The first kappa shape index (κ1) is 29.5. The van der Waals surface area contributed by atoms with Gasteiger partial charge < -0.3 is 0 Å². The molecule has 0 aromatic carbocycles. The van der Waals surface area contributed by atoms with Crippen molar-refractivity contribution < 1.29 is 0 Å². The van der Waals surface area contributed by atoms with Gasteiger partial charge in [0.05, 0.1) is 0 Å². The zero-order valence-corrected chi connectivity index (χ0v) is 35.8. The van der Waals surface area contributed by atoms with Gasteiger partial charge in [0.1, 0.15) is 0 Å². The molecule has 46 unspecified atom stereocenters. The van der Waals surface area contributed by atoms with E-state index in [0.717, 1.165) is 0 Å². The van der Waals surface area contributed by atoms with Crippen LogP contribution in [0, 0.1) is 272 Å². The molecule has 0 nitrogen and oxygen atoms in total. The van der Waals surface area contributed by atoms with Gasteiger partial charge in [-0.25, -0.2) is 0 Å². The third-order valence-electron chi connectivity index (χ3n) is 34.5. The highest BCUT2D eigenvalue weighted by molar-refractivity contribution is 5.40. The minimum atomic E-state index is 1.19. The maximum absolute atomic E-state index is 1.81. The summed E-state index contributed by atoms with van der Waals surface area (Å²) in [6.07, 6.45) is 23.1. The molecule has 308 valence electrons. The lowest BCUT2D eigenvalue weighted by Crippen LogP contribution is -2.92. The first-order valence-electron chi connectivity index (χ1n) is 29.3. The van der Waals surface area contributed by atoms with E-state index >= 15 is 0 Å². The van der Waals surface area contributed by atoms with Crippen LogP contribution in [0.15, 0.2) is 0 Å². The van der Waals surface area contributed by atoms with Gasteiger partial charge in [-0.15, -0.1) is 0 Å². The number of hydrogen-bond acceptors (Lipinski definition) is 0. The van der Waals surface area contributed by atoms with Crippen molar-refractivity contribution in [2.45, 2.75) is 83.5 Å². The molecule has 24 aliphatic rings. The van der Waals surface area contributed by atoms with Crippen molar-refractivity contribution in [2.24, 2.45) is 272 Å². The molecule has 0 saturated heterocycles. The van der Waals surface area contributed by atoms with Crippen LogP contribution < -0.4 is 0 Å². The third kappa shape index (κ3) is 2.35. The molecule has 24 rings (SSSR count). The summed E-state index contributed by atoms with van der Waals surface area (Å²) < 4.78 is 0. The Kier molecular flexibility index (Phi) is 4.13. The zero-order valence-electron chi connectivity index (χ0n) is 35.8. The molecule has 0 amide bonds. The van der Waals surface area contributed by atoms with E-state index in [-0.39, 0.29) is 0 Å². The van der Waals surface area contributed by atoms with Crippen LogP contribution in [0.1, 0.15) is 83.5 Å². The summed E-state index contributed by atoms with van der Waals surface area (Å²) in [6, 6.07) is 0. The van der Waals surface area contributed by atoms with Gasteiger partial charge in [0.2, 0.25) is 0 Å². The topological polar surface area (TPSA) is 0 Å². The molecule has 0 aromatic heterocycles. The Morgan fingerprint density at radius 1 is 0.119 bits per heavy atom. The Morgan fingerprint density at radius 2 is 0.373 bits per heavy atom. The van der Waals surface area contributed by atoms with Gasteiger partial charge in [-0.2, -0.15) is 0 Å². The van der Waals surface area contributed by atoms with Crippen molar-refractivity contribution in [3.8, 4) is 0 Å². The van der Waals surface area contributed by atoms with Crippen LogP contribution in [-0.4, -0.2) is 0 Å². The molecule has 46 atom stereocenters. The molecule has 24 fully saturated rings. The number of rotatable bonds is 0. The molecule has 0 aliphatic heterocycles. The standard InChI is InChI=1S/C59H72/c1-2-19-20-4-3-18-17(1)27-12-30-35(27)42-36(30)32-13-31(37(32)42)34(19)38(20)43-50-47-40-24-7-15-8-26(22-6-14(15)5-21(24)16-9-23-25(10-16)33-28(22)11-29(23)33)41-46(52-49(41)54-48(40)53(47)57(52)54)44-39(18)45-51(44)59-56(45)55(43)58(50)59/h14-59H,1-13H2. The Bertz CT molecular complexity index is 2080. The fourth-order valence-electron chi connectivity index (χ4n) is 34.8. The lowest BCUT2D eigenvalue weighted by molar-refractivity contribution is -0.490. The van der Waals surface area contributed by atoms with Crippen LogP contribution >= 0.6 is 0 Å². The molecule has 0 aromatic rings. The second kappa shape index (κ2) is 8.26. The quantitative estimate of drug-likeness (QED) is 0.230. The lowest BCUT2D eigenvalue weighted by Gasteiger charge is -2.96. The molecule has 0 N–H and O–H groups in total. The lowest BCUT2D eigenvalue weighted by atomic mass is 9.09. The van der Waals surface area contributed by atoms with E-state index in [1.54, 1.807) is 77.0 Å². The van der Waals surface area contributed by atoms with Crippen molar-refractivity contribution in [3.63, 3.8) is 0 Å². The number of hydrogen-bond donors (Lipinski definition) is 0. The second-order valence-electron chi connectivity index (χ2n) is 31.8. The molecule has 0 heterocycles. The molecule has 12 bridgehead atoms. The van der Waals surface area contributed by atoms with Crippen molar-refractivity contribution >= 4 is 0 Å². The molecule has 0 spiro atoms. The first-order chi connectivity index (χ1) is 29.3. The highest BCUT2D eigenvalue weighted by Gasteiger charge is 2.93. The summed E-state index contributed by atoms with van der Waals surface area (Å²) >= 11 is 0. The number of fused-ring (bicyclic) bond motifs is 30. The van der Waals surface area contributed by atoms with Gasteiger partial charge in [0.15, 0.2) is 0 Å². The third-order valence-corrected chi connectivity index (χ3v) is 34.5. The van der Waals surface area contributed by atoms with Crippen molar-refractivity contribution in [1.29, 1.82) is 0 Å². The van der Waals surface area contributed by atoms with Crippen LogP contribution in [0.3, 0.4) is 0 Å². The highest BCUT2D eigenvalue weighted by Crippen LogP contribution is 2.97. The van der Waals surface area contributed by atoms with Crippen molar-refractivity contribution in [1.82, 2.24) is 0 Å². The van der Waals surface area contributed by atoms with Crippen LogP contribution in [-0.2, 0) is 0 Å². The Labute approximate surface area is 354 Å². The van der Waals surface area contributed by atoms with E-state index < -0.39 is 0 Å². The van der Waals surface area contributed by atoms with Gasteiger partial charge in [-0.1, -0.05) is 0 Å². The maximum atomic E-state index is 1.81. The molecule has 59 heavy (non-hydrogen) atoms. The van der Waals surface area contributed by atoms with E-state index in [0.29, 0.717) is 0 Å². The van der Waals surface area contributed by atoms with Crippen molar-refractivity contribution in [3.05, 3.63) is 0 Å². The van der Waals surface area contributed by atoms with E-state index in [1.807, 2.05) is 6.42 Å². The summed E-state index contributed by atoms with van der Waals surface area (Å²) in [5.41, 5.74) is 0. The molecule has 24 aliphatic carbocycles.